The van der Waals surface area contributed by atoms with Gasteiger partial charge in [-0.1, -0.05) is 6.42 Å². The third-order valence-corrected chi connectivity index (χ3v) is 8.50. The molecule has 1 saturated carbocycles. The van der Waals surface area contributed by atoms with Crippen LogP contribution in [0, 0.1) is 11.7 Å². The van der Waals surface area contributed by atoms with E-state index >= 15 is 0 Å². The minimum absolute atomic E-state index is 0.101. The lowest BCUT2D eigenvalue weighted by atomic mass is 9.85. The predicted octanol–water partition coefficient (Wildman–Crippen LogP) is 4.78. The molecule has 0 spiro atoms. The van der Waals surface area contributed by atoms with Crippen LogP contribution in [0.25, 0.3) is 11.0 Å². The molecule has 2 aromatic carbocycles. The van der Waals surface area contributed by atoms with Gasteiger partial charge in [-0.15, -0.1) is 0 Å². The summed E-state index contributed by atoms with van der Waals surface area (Å²) in [5, 5.41) is 21.3. The van der Waals surface area contributed by atoms with E-state index < -0.39 is 23.8 Å². The zero-order valence-electron chi connectivity index (χ0n) is 20.7. The van der Waals surface area contributed by atoms with E-state index in [1.165, 1.54) is 6.07 Å². The summed E-state index contributed by atoms with van der Waals surface area (Å²) in [6.45, 7) is 2.64. The molecular formula is C28H32FN3O4. The molecule has 36 heavy (non-hydrogen) atoms. The molecule has 1 fully saturated rings. The number of aliphatic carboxylic acids is 1. The molecule has 4 unspecified atom stereocenters. The molecule has 8 heteroatoms. The summed E-state index contributed by atoms with van der Waals surface area (Å²) >= 11 is 0. The second kappa shape index (κ2) is 8.76. The molecule has 4 atom stereocenters. The number of anilines is 1. The van der Waals surface area contributed by atoms with E-state index in [0.717, 1.165) is 53.5 Å². The molecule has 3 aromatic rings. The van der Waals surface area contributed by atoms with E-state index in [2.05, 4.69) is 29.5 Å². The number of halogens is 1. The van der Waals surface area contributed by atoms with Crippen molar-refractivity contribution in [2.45, 2.75) is 70.1 Å². The van der Waals surface area contributed by atoms with Crippen LogP contribution in [0.2, 0.25) is 0 Å². The van der Waals surface area contributed by atoms with E-state index in [1.807, 2.05) is 12.1 Å². The Morgan fingerprint density at radius 2 is 2.06 bits per heavy atom. The van der Waals surface area contributed by atoms with Crippen LogP contribution >= 0.6 is 0 Å². The number of carboxylic acids is 1. The van der Waals surface area contributed by atoms with Crippen molar-refractivity contribution in [3.05, 3.63) is 52.6 Å². The van der Waals surface area contributed by atoms with Crippen molar-refractivity contribution < 1.29 is 24.1 Å². The van der Waals surface area contributed by atoms with Crippen LogP contribution in [0.4, 0.5) is 10.1 Å². The standard InChI is InChI=1S/C28H32FN3O4/c1-15-6-7-20-22(31(15)2)8-9-23-24(20)30-27(32(23)19-5-3-4-17(13-19)28(34)35)25(33)18-12-16-10-11-36-26(16)21(29)14-18/h8-9,12,14-15,17,19,25,33H,3-7,10-11,13H2,1-2H3,(H,34,35). The number of carbonyl (C=O) groups is 1. The van der Waals surface area contributed by atoms with Crippen LogP contribution in [-0.2, 0) is 17.6 Å². The van der Waals surface area contributed by atoms with Gasteiger partial charge in [0.05, 0.1) is 23.6 Å². The lowest BCUT2D eigenvalue weighted by Gasteiger charge is -2.34. The van der Waals surface area contributed by atoms with Gasteiger partial charge in [0.25, 0.3) is 0 Å². The number of aromatic nitrogens is 2. The number of benzene rings is 2. The van der Waals surface area contributed by atoms with Gasteiger partial charge in [-0.25, -0.2) is 9.37 Å². The highest BCUT2D eigenvalue weighted by Gasteiger charge is 2.34. The fourth-order valence-electron chi connectivity index (χ4n) is 6.38. The number of carboxylic acid groups (broad SMARTS) is 1. The topological polar surface area (TPSA) is 87.8 Å². The van der Waals surface area contributed by atoms with E-state index in [-0.39, 0.29) is 11.8 Å². The maximum absolute atomic E-state index is 14.8. The van der Waals surface area contributed by atoms with Gasteiger partial charge < -0.3 is 24.4 Å². The fourth-order valence-corrected chi connectivity index (χ4v) is 6.38. The van der Waals surface area contributed by atoms with Crippen LogP contribution in [-0.4, -0.2) is 45.4 Å². The predicted molar refractivity (Wildman–Crippen MR) is 134 cm³/mol. The van der Waals surface area contributed by atoms with E-state index in [0.29, 0.717) is 43.3 Å². The summed E-state index contributed by atoms with van der Waals surface area (Å²) in [6, 6.07) is 7.64. The number of imidazole rings is 1. The lowest BCUT2D eigenvalue weighted by molar-refractivity contribution is -0.143. The van der Waals surface area contributed by atoms with Gasteiger partial charge in [0.2, 0.25) is 0 Å². The molecular weight excluding hydrogens is 461 g/mol. The maximum atomic E-state index is 14.8. The monoisotopic (exact) mass is 493 g/mol. The second-order valence-corrected chi connectivity index (χ2v) is 10.6. The van der Waals surface area contributed by atoms with Crippen LogP contribution in [0.1, 0.15) is 73.7 Å². The summed E-state index contributed by atoms with van der Waals surface area (Å²) < 4.78 is 22.3. The first-order valence-electron chi connectivity index (χ1n) is 13.0. The molecule has 3 aliphatic rings. The minimum Gasteiger partial charge on any atom is -0.490 e. The van der Waals surface area contributed by atoms with Gasteiger partial charge in [0, 0.05) is 42.4 Å². The van der Waals surface area contributed by atoms with Crippen molar-refractivity contribution in [3.63, 3.8) is 0 Å². The smallest absolute Gasteiger partial charge is 0.306 e. The first-order chi connectivity index (χ1) is 17.3. The normalized spacial score (nSPS) is 24.3. The molecule has 7 nitrogen and oxygen atoms in total. The molecule has 0 bridgehead atoms. The third kappa shape index (κ3) is 3.65. The average molecular weight is 494 g/mol. The number of ether oxygens (including phenoxy) is 1. The van der Waals surface area contributed by atoms with Crippen LogP contribution < -0.4 is 9.64 Å². The molecule has 0 amide bonds. The van der Waals surface area contributed by atoms with Crippen molar-refractivity contribution in [2.24, 2.45) is 5.92 Å². The zero-order valence-corrected chi connectivity index (χ0v) is 20.7. The molecule has 190 valence electrons. The number of aryl methyl sites for hydroxylation is 1. The summed E-state index contributed by atoms with van der Waals surface area (Å²) in [5.74, 6) is -0.958. The van der Waals surface area contributed by atoms with Crippen LogP contribution in [0.3, 0.4) is 0 Å². The van der Waals surface area contributed by atoms with Crippen LogP contribution in [0.15, 0.2) is 24.3 Å². The van der Waals surface area contributed by atoms with Crippen molar-refractivity contribution in [1.82, 2.24) is 9.55 Å². The van der Waals surface area contributed by atoms with Gasteiger partial charge in [0.15, 0.2) is 11.6 Å². The summed E-state index contributed by atoms with van der Waals surface area (Å²) in [4.78, 5) is 19.1. The fraction of sp³-hybridized carbons (Fsp3) is 0.500. The molecule has 0 saturated heterocycles. The molecule has 3 heterocycles. The summed E-state index contributed by atoms with van der Waals surface area (Å²) in [5.41, 5.74) is 5.25. The lowest BCUT2D eigenvalue weighted by Crippen LogP contribution is -2.33. The Morgan fingerprint density at radius 1 is 1.22 bits per heavy atom. The molecule has 1 aromatic heterocycles. The quantitative estimate of drug-likeness (QED) is 0.544. The van der Waals surface area contributed by atoms with E-state index in [4.69, 9.17) is 9.72 Å². The first-order valence-corrected chi connectivity index (χ1v) is 13.0. The number of aliphatic hydroxyl groups is 1. The van der Waals surface area contributed by atoms with Crippen molar-refractivity contribution in [3.8, 4) is 5.75 Å². The minimum atomic E-state index is -1.14. The highest BCUT2D eigenvalue weighted by molar-refractivity contribution is 5.86. The van der Waals surface area contributed by atoms with Crippen molar-refractivity contribution in [1.29, 1.82) is 0 Å². The van der Waals surface area contributed by atoms with Gasteiger partial charge in [-0.2, -0.15) is 0 Å². The number of hydrogen-bond donors (Lipinski definition) is 2. The highest BCUT2D eigenvalue weighted by Crippen LogP contribution is 2.42. The number of aliphatic hydroxyl groups excluding tert-OH is 1. The largest absolute Gasteiger partial charge is 0.490 e. The Morgan fingerprint density at radius 3 is 2.86 bits per heavy atom. The molecule has 6 rings (SSSR count). The molecule has 1 aliphatic carbocycles. The number of rotatable bonds is 4. The summed E-state index contributed by atoms with van der Waals surface area (Å²) in [7, 11) is 2.09. The maximum Gasteiger partial charge on any atom is 0.306 e. The van der Waals surface area contributed by atoms with E-state index in [1.54, 1.807) is 0 Å². The van der Waals surface area contributed by atoms with Crippen molar-refractivity contribution >= 4 is 22.7 Å². The van der Waals surface area contributed by atoms with Crippen molar-refractivity contribution in [2.75, 3.05) is 18.6 Å². The average Bonchev–Trinajstić information content (AvgIpc) is 3.51. The van der Waals surface area contributed by atoms with Gasteiger partial charge in [-0.3, -0.25) is 4.79 Å². The third-order valence-electron chi connectivity index (χ3n) is 8.50. The molecule has 2 aliphatic heterocycles. The molecule has 0 radical (unpaired) electrons. The Kier molecular flexibility index (Phi) is 5.67. The Hall–Kier alpha value is -3.13. The van der Waals surface area contributed by atoms with Gasteiger partial charge in [-0.05, 0) is 68.9 Å². The number of nitrogens with zero attached hydrogens (tertiary/aromatic N) is 3. The Balaban J connectivity index is 1.52. The van der Waals surface area contributed by atoms with Gasteiger partial charge in [0.1, 0.15) is 11.9 Å². The highest BCUT2D eigenvalue weighted by atomic mass is 19.1. The van der Waals surface area contributed by atoms with E-state index in [9.17, 15) is 19.4 Å². The summed E-state index contributed by atoms with van der Waals surface area (Å²) in [6.07, 6.45) is 4.11. The SMILES string of the molecule is CC1CCc2c(ccc3c2nc(C(O)c2cc(F)c4c(c2)CCO4)n3C2CCCC(C(=O)O)C2)N1C. The second-order valence-electron chi connectivity index (χ2n) is 10.6. The Bertz CT molecular complexity index is 1350. The van der Waals surface area contributed by atoms with Crippen LogP contribution in [0.5, 0.6) is 5.75 Å². The zero-order chi connectivity index (χ0) is 25.1. The van der Waals surface area contributed by atoms with Gasteiger partial charge >= 0.3 is 5.97 Å². The number of hydrogen-bond acceptors (Lipinski definition) is 5. The first kappa shape index (κ1) is 23.3. The number of fused-ring (bicyclic) bond motifs is 4. The molecule has 2 N–H and O–H groups in total. The Labute approximate surface area is 209 Å².